The first-order chi connectivity index (χ1) is 15.0. The van der Waals surface area contributed by atoms with Gasteiger partial charge in [-0.2, -0.15) is 5.10 Å². The summed E-state index contributed by atoms with van der Waals surface area (Å²) in [6, 6.07) is 8.13. The molecule has 4 heterocycles. The average Bonchev–Trinajstić information content (AvgIpc) is 2.74. The molecule has 0 radical (unpaired) electrons. The second-order valence-corrected chi connectivity index (χ2v) is 7.87. The van der Waals surface area contributed by atoms with Gasteiger partial charge in [0, 0.05) is 38.1 Å². The molecule has 0 amide bonds. The van der Waals surface area contributed by atoms with E-state index in [1.54, 1.807) is 6.20 Å². The van der Waals surface area contributed by atoms with Gasteiger partial charge < -0.3 is 16.0 Å². The highest BCUT2D eigenvalue weighted by Crippen LogP contribution is 2.22. The van der Waals surface area contributed by atoms with Crippen molar-refractivity contribution in [2.24, 2.45) is 5.73 Å². The minimum absolute atomic E-state index is 0.338. The fourth-order valence-electron chi connectivity index (χ4n) is 3.26. The molecule has 0 aliphatic carbocycles. The molecule has 0 bridgehead atoms. The summed E-state index contributed by atoms with van der Waals surface area (Å²) < 4.78 is 0. The Morgan fingerprint density at radius 2 is 2.03 bits per heavy atom. The van der Waals surface area contributed by atoms with Gasteiger partial charge in [-0.05, 0) is 35.7 Å². The number of fused-ring (bicyclic) bond motifs is 1. The molecular formula is C22H28N9+. The number of nitrogens with two attached hydrogens (primary N) is 1. The molecular weight excluding hydrogens is 390 g/mol. The maximum absolute atomic E-state index is 6.35. The topological polar surface area (TPSA) is 128 Å². The maximum atomic E-state index is 6.35. The summed E-state index contributed by atoms with van der Waals surface area (Å²) in [6.45, 7) is 6.05. The molecule has 31 heavy (non-hydrogen) atoms. The highest BCUT2D eigenvalue weighted by atomic mass is 15.2. The predicted molar refractivity (Wildman–Crippen MR) is 123 cm³/mol. The van der Waals surface area contributed by atoms with E-state index in [1.165, 1.54) is 0 Å². The molecule has 9 nitrogen and oxygen atoms in total. The summed E-state index contributed by atoms with van der Waals surface area (Å²) >= 11 is 0. The third kappa shape index (κ3) is 4.77. The molecule has 1 aliphatic heterocycles. The molecule has 4 rings (SSSR count). The summed E-state index contributed by atoms with van der Waals surface area (Å²) in [7, 11) is 1.85. The Labute approximate surface area is 181 Å². The van der Waals surface area contributed by atoms with Crippen LogP contribution in [0.4, 0.5) is 11.6 Å². The molecule has 9 heteroatoms. The summed E-state index contributed by atoms with van der Waals surface area (Å²) in [4.78, 5) is 12.6. The van der Waals surface area contributed by atoms with Crippen LogP contribution in [0.25, 0.3) is 16.6 Å². The Morgan fingerprint density at radius 1 is 1.19 bits per heavy atom. The highest BCUT2D eigenvalue weighted by Gasteiger charge is 2.21. The lowest BCUT2D eigenvalue weighted by atomic mass is 10.1. The fourth-order valence-corrected chi connectivity index (χ4v) is 3.26. The predicted octanol–water partition coefficient (Wildman–Crippen LogP) is 0.257. The van der Waals surface area contributed by atoms with Crippen LogP contribution in [0.3, 0.4) is 0 Å². The zero-order chi connectivity index (χ0) is 21.8. The van der Waals surface area contributed by atoms with Crippen LogP contribution in [0.5, 0.6) is 0 Å². The van der Waals surface area contributed by atoms with E-state index >= 15 is 0 Å². The van der Waals surface area contributed by atoms with Crippen LogP contribution in [-0.2, 0) is 0 Å². The zero-order valence-electron chi connectivity index (χ0n) is 18.0. The molecule has 1 saturated heterocycles. The molecule has 0 aromatic carbocycles. The first kappa shape index (κ1) is 20.7. The first-order valence-electron chi connectivity index (χ1n) is 10.4. The minimum atomic E-state index is 0.338. The van der Waals surface area contributed by atoms with Crippen molar-refractivity contribution >= 4 is 34.1 Å². The van der Waals surface area contributed by atoms with E-state index in [4.69, 9.17) is 10.7 Å². The Hall–Kier alpha value is -3.59. The van der Waals surface area contributed by atoms with Crippen LogP contribution in [0.1, 0.15) is 30.9 Å². The van der Waals surface area contributed by atoms with Gasteiger partial charge in [-0.15, -0.1) is 5.10 Å². The lowest BCUT2D eigenvalue weighted by Gasteiger charge is -2.21. The Balaban J connectivity index is 1.64. The Bertz CT molecular complexity index is 1130. The van der Waals surface area contributed by atoms with Gasteiger partial charge in [0.25, 0.3) is 5.84 Å². The van der Waals surface area contributed by atoms with Gasteiger partial charge in [0.1, 0.15) is 11.9 Å². The number of hydrogen-bond acceptors (Lipinski definition) is 7. The summed E-state index contributed by atoms with van der Waals surface area (Å²) in [5.74, 6) is 2.32. The average molecular weight is 419 g/mol. The quantitative estimate of drug-likeness (QED) is 0.273. The van der Waals surface area contributed by atoms with Crippen molar-refractivity contribution in [2.75, 3.05) is 25.5 Å². The monoisotopic (exact) mass is 418 g/mol. The van der Waals surface area contributed by atoms with Crippen LogP contribution in [0, 0.1) is 0 Å². The number of pyridine rings is 2. The number of rotatable bonds is 7. The van der Waals surface area contributed by atoms with Crippen molar-refractivity contribution in [3.05, 3.63) is 54.0 Å². The number of hydrogen-bond donors (Lipinski definition) is 5. The molecule has 3 aromatic heterocycles. The van der Waals surface area contributed by atoms with Crippen LogP contribution in [0.2, 0.25) is 0 Å². The van der Waals surface area contributed by atoms with Crippen molar-refractivity contribution in [3.8, 4) is 0 Å². The number of nitrogens with one attached hydrogen (secondary N) is 4. The number of anilines is 2. The van der Waals surface area contributed by atoms with Crippen LogP contribution >= 0.6 is 0 Å². The van der Waals surface area contributed by atoms with Gasteiger partial charge in [-0.25, -0.2) is 4.98 Å². The third-order valence-corrected chi connectivity index (χ3v) is 5.17. The smallest absolute Gasteiger partial charge is 0.275 e. The van der Waals surface area contributed by atoms with Crippen LogP contribution in [-0.4, -0.2) is 52.2 Å². The number of aromatic nitrogens is 4. The third-order valence-electron chi connectivity index (χ3n) is 5.17. The molecule has 6 N–H and O–H groups in total. The summed E-state index contributed by atoms with van der Waals surface area (Å²) in [6.07, 6.45) is 5.46. The highest BCUT2D eigenvalue weighted by molar-refractivity contribution is 6.19. The van der Waals surface area contributed by atoms with Gasteiger partial charge in [0.15, 0.2) is 5.82 Å². The van der Waals surface area contributed by atoms with Crippen molar-refractivity contribution in [3.63, 3.8) is 0 Å². The molecule has 0 atom stereocenters. The first-order valence-corrected chi connectivity index (χ1v) is 10.4. The lowest BCUT2D eigenvalue weighted by Crippen LogP contribution is -2.89. The van der Waals surface area contributed by atoms with Crippen molar-refractivity contribution in [2.45, 2.75) is 25.8 Å². The van der Waals surface area contributed by atoms with Crippen molar-refractivity contribution in [1.82, 2.24) is 30.8 Å². The molecule has 160 valence electrons. The lowest BCUT2D eigenvalue weighted by molar-refractivity contribution is -0.510. The Kier molecular flexibility index (Phi) is 6.03. The molecule has 0 unspecified atom stereocenters. The van der Waals surface area contributed by atoms with Gasteiger partial charge >= 0.3 is 0 Å². The van der Waals surface area contributed by atoms with Crippen LogP contribution < -0.4 is 26.7 Å². The number of nitrogens with zero attached hydrogens (tertiary/aromatic N) is 4. The van der Waals surface area contributed by atoms with E-state index in [0.717, 1.165) is 40.8 Å². The number of amidine groups is 1. The van der Waals surface area contributed by atoms with E-state index in [-0.39, 0.29) is 0 Å². The SMILES string of the molecule is CN/C=C(\C(N)=[NH+]C1CNC1)c1cnc2ccc(Nc3cc(C(C)C)cnn3)nc2c1. The van der Waals surface area contributed by atoms with E-state index in [9.17, 15) is 0 Å². The second kappa shape index (κ2) is 9.05. The van der Waals surface area contributed by atoms with Crippen LogP contribution in [0.15, 0.2) is 42.9 Å². The van der Waals surface area contributed by atoms with Gasteiger partial charge in [0.05, 0.1) is 22.8 Å². The fraction of sp³-hybridized carbons (Fsp3) is 0.318. The normalized spacial score (nSPS) is 15.2. The van der Waals surface area contributed by atoms with Gasteiger partial charge in [-0.1, -0.05) is 13.8 Å². The molecule has 1 aliphatic rings. The molecule has 3 aromatic rings. The standard InChI is InChI=1S/C22H27N9/c1-13(2)14-7-21(31-27-9-14)30-20-5-4-18-19(29-20)6-15(8-26-18)17(12-24-3)22(23)28-16-10-25-11-16/h4-9,12-13,16,24-25H,10-11H2,1-3H3,(H2,23,28)(H,29,30,31)/p+1/b17-12-. The Morgan fingerprint density at radius 3 is 2.74 bits per heavy atom. The molecule has 0 spiro atoms. The maximum Gasteiger partial charge on any atom is 0.275 e. The van der Waals surface area contributed by atoms with E-state index in [1.807, 2.05) is 43.7 Å². The summed E-state index contributed by atoms with van der Waals surface area (Å²) in [5.41, 5.74) is 10.8. The molecule has 1 fully saturated rings. The van der Waals surface area contributed by atoms with Gasteiger partial charge in [-0.3, -0.25) is 15.7 Å². The van der Waals surface area contributed by atoms with E-state index in [0.29, 0.717) is 29.4 Å². The summed E-state index contributed by atoms with van der Waals surface area (Å²) in [5, 5.41) is 17.8. The van der Waals surface area contributed by atoms with Crippen molar-refractivity contribution in [1.29, 1.82) is 0 Å². The van der Waals surface area contributed by atoms with E-state index < -0.39 is 0 Å². The second-order valence-electron chi connectivity index (χ2n) is 7.87. The molecule has 0 saturated carbocycles. The zero-order valence-corrected chi connectivity index (χ0v) is 18.0. The minimum Gasteiger partial charge on any atom is -0.393 e. The van der Waals surface area contributed by atoms with Crippen molar-refractivity contribution < 1.29 is 4.99 Å². The largest absolute Gasteiger partial charge is 0.393 e. The van der Waals surface area contributed by atoms with Gasteiger partial charge in [0.2, 0.25) is 0 Å². The van der Waals surface area contributed by atoms with E-state index in [2.05, 4.69) is 50.0 Å².